The number of rotatable bonds is 8. The van der Waals surface area contributed by atoms with E-state index in [0.29, 0.717) is 6.54 Å². The highest BCUT2D eigenvalue weighted by Gasteiger charge is 2.12. The van der Waals surface area contributed by atoms with Crippen molar-refractivity contribution in [1.82, 2.24) is 20.5 Å². The average Bonchev–Trinajstić information content (AvgIpc) is 3.21. The van der Waals surface area contributed by atoms with E-state index in [1.54, 1.807) is 0 Å². The molecule has 3 aromatic rings. The second kappa shape index (κ2) is 13.0. The Morgan fingerprint density at radius 1 is 1.06 bits per heavy atom. The van der Waals surface area contributed by atoms with Crippen LogP contribution in [-0.2, 0) is 24.2 Å². The van der Waals surface area contributed by atoms with E-state index in [2.05, 4.69) is 83.0 Å². The monoisotopic (exact) mass is 561 g/mol. The Balaban J connectivity index is 0.00000306. The number of halogens is 1. The fourth-order valence-electron chi connectivity index (χ4n) is 4.19. The first-order chi connectivity index (χ1) is 15.7. The number of nitrogens with one attached hydrogen (secondary N) is 3. The molecule has 3 N–H and O–H groups in total. The Morgan fingerprint density at radius 3 is 2.64 bits per heavy atom. The molecule has 0 spiro atoms. The quantitative estimate of drug-likeness (QED) is 0.219. The summed E-state index contributed by atoms with van der Waals surface area (Å²) in [7, 11) is 0. The van der Waals surface area contributed by atoms with Gasteiger partial charge in [-0.05, 0) is 48.6 Å². The number of H-pyrrole nitrogens is 1. The number of ether oxygens (including phenoxy) is 1. The van der Waals surface area contributed by atoms with E-state index in [4.69, 9.17) is 9.73 Å². The summed E-state index contributed by atoms with van der Waals surface area (Å²) < 4.78 is 5.48. The molecule has 6 nitrogen and oxygen atoms in total. The van der Waals surface area contributed by atoms with Gasteiger partial charge in [-0.2, -0.15) is 0 Å². The molecule has 1 fully saturated rings. The highest BCUT2D eigenvalue weighted by atomic mass is 127. The fraction of sp³-hybridized carbons (Fsp3) is 0.423. The van der Waals surface area contributed by atoms with Gasteiger partial charge >= 0.3 is 0 Å². The molecule has 0 radical (unpaired) electrons. The first kappa shape index (κ1) is 25.5. The summed E-state index contributed by atoms with van der Waals surface area (Å²) in [6.07, 6.45) is 3.07. The van der Waals surface area contributed by atoms with Gasteiger partial charge in [0.2, 0.25) is 0 Å². The number of aliphatic imine (C=N–C) groups is 1. The van der Waals surface area contributed by atoms with E-state index in [1.807, 2.05) is 0 Å². The molecule has 1 saturated heterocycles. The van der Waals surface area contributed by atoms with Gasteiger partial charge in [-0.25, -0.2) is 4.99 Å². The molecule has 2 aromatic carbocycles. The molecule has 1 aromatic heterocycles. The third-order valence-electron chi connectivity index (χ3n) is 5.98. The molecule has 0 aliphatic carbocycles. The van der Waals surface area contributed by atoms with Crippen LogP contribution in [0, 0.1) is 6.92 Å². The first-order valence-electron chi connectivity index (χ1n) is 11.7. The number of benzene rings is 2. The summed E-state index contributed by atoms with van der Waals surface area (Å²) in [5, 5.41) is 8.19. The van der Waals surface area contributed by atoms with Gasteiger partial charge in [0.15, 0.2) is 5.96 Å². The van der Waals surface area contributed by atoms with Crippen LogP contribution in [0.25, 0.3) is 10.9 Å². The third kappa shape index (κ3) is 7.19. The molecule has 7 heteroatoms. The lowest BCUT2D eigenvalue weighted by Crippen LogP contribution is -2.38. The van der Waals surface area contributed by atoms with E-state index in [9.17, 15) is 0 Å². The summed E-state index contributed by atoms with van der Waals surface area (Å²) in [5.74, 6) is 0.865. The molecule has 4 rings (SSSR count). The summed E-state index contributed by atoms with van der Waals surface area (Å²) in [6.45, 7) is 11.2. The second-order valence-corrected chi connectivity index (χ2v) is 8.39. The van der Waals surface area contributed by atoms with Crippen LogP contribution in [0.2, 0.25) is 0 Å². The predicted octanol–water partition coefficient (Wildman–Crippen LogP) is 4.22. The minimum atomic E-state index is 0. The maximum absolute atomic E-state index is 5.48. The number of nitrogens with zero attached hydrogens (tertiary/aromatic N) is 2. The average molecular weight is 562 g/mol. The highest BCUT2D eigenvalue weighted by Crippen LogP contribution is 2.19. The van der Waals surface area contributed by atoms with Crippen LogP contribution in [0.1, 0.15) is 29.2 Å². The molecule has 2 heterocycles. The summed E-state index contributed by atoms with van der Waals surface area (Å²) in [6, 6.07) is 15.2. The standard InChI is InChI=1S/C26H35N5O.HI/c1-3-27-26(28-11-10-22-18-29-25-16-20(2)8-9-24(22)25)30-17-21-6-4-5-7-23(21)19-31-12-14-32-15-13-31;/h4-9,16,18,29H,3,10-15,17,19H2,1-2H3,(H2,27,28,30);1H. The van der Waals surface area contributed by atoms with Crippen molar-refractivity contribution in [3.05, 3.63) is 70.9 Å². The number of hydrogen-bond acceptors (Lipinski definition) is 3. The van der Waals surface area contributed by atoms with E-state index in [-0.39, 0.29) is 24.0 Å². The molecule has 1 aliphatic heterocycles. The van der Waals surface area contributed by atoms with Gasteiger partial charge in [0.1, 0.15) is 0 Å². The lowest BCUT2D eigenvalue weighted by molar-refractivity contribution is 0.0341. The van der Waals surface area contributed by atoms with Gasteiger partial charge in [0.05, 0.1) is 19.8 Å². The van der Waals surface area contributed by atoms with Crippen molar-refractivity contribution < 1.29 is 4.74 Å². The van der Waals surface area contributed by atoms with Crippen molar-refractivity contribution in [2.24, 2.45) is 4.99 Å². The van der Waals surface area contributed by atoms with Gasteiger partial charge in [0, 0.05) is 49.8 Å². The van der Waals surface area contributed by atoms with Crippen LogP contribution in [0.5, 0.6) is 0 Å². The normalized spacial score (nSPS) is 14.8. The topological polar surface area (TPSA) is 64.7 Å². The van der Waals surface area contributed by atoms with E-state index in [1.165, 1.54) is 33.2 Å². The largest absolute Gasteiger partial charge is 0.379 e. The minimum absolute atomic E-state index is 0. The van der Waals surface area contributed by atoms with Gasteiger partial charge in [-0.1, -0.05) is 36.4 Å². The van der Waals surface area contributed by atoms with E-state index in [0.717, 1.165) is 58.3 Å². The van der Waals surface area contributed by atoms with Crippen molar-refractivity contribution in [2.45, 2.75) is 33.4 Å². The predicted molar refractivity (Wildman–Crippen MR) is 148 cm³/mol. The number of fused-ring (bicyclic) bond motifs is 1. The minimum Gasteiger partial charge on any atom is -0.379 e. The van der Waals surface area contributed by atoms with Crippen molar-refractivity contribution >= 4 is 40.8 Å². The smallest absolute Gasteiger partial charge is 0.191 e. The maximum atomic E-state index is 5.48. The van der Waals surface area contributed by atoms with Crippen molar-refractivity contribution in [1.29, 1.82) is 0 Å². The van der Waals surface area contributed by atoms with Gasteiger partial charge in [-0.15, -0.1) is 24.0 Å². The van der Waals surface area contributed by atoms with Crippen LogP contribution in [0.3, 0.4) is 0 Å². The van der Waals surface area contributed by atoms with Gasteiger partial charge < -0.3 is 20.4 Å². The van der Waals surface area contributed by atoms with Crippen LogP contribution >= 0.6 is 24.0 Å². The molecule has 33 heavy (non-hydrogen) atoms. The van der Waals surface area contributed by atoms with Gasteiger partial charge in [0.25, 0.3) is 0 Å². The Hall–Kier alpha value is -2.10. The molecule has 0 amide bonds. The first-order valence-corrected chi connectivity index (χ1v) is 11.7. The molecule has 0 saturated carbocycles. The number of aryl methyl sites for hydroxylation is 1. The SMILES string of the molecule is CCNC(=NCc1ccccc1CN1CCOCC1)NCCc1c[nH]c2cc(C)ccc12.I. The maximum Gasteiger partial charge on any atom is 0.191 e. The lowest BCUT2D eigenvalue weighted by Gasteiger charge is -2.27. The zero-order valence-electron chi connectivity index (χ0n) is 19.7. The zero-order chi connectivity index (χ0) is 22.2. The Morgan fingerprint density at radius 2 is 1.85 bits per heavy atom. The molecule has 0 bridgehead atoms. The number of aromatic amines is 1. The number of aromatic nitrogens is 1. The van der Waals surface area contributed by atoms with Crippen LogP contribution < -0.4 is 10.6 Å². The molecular weight excluding hydrogens is 525 g/mol. The van der Waals surface area contributed by atoms with Crippen LogP contribution in [0.4, 0.5) is 0 Å². The summed E-state index contributed by atoms with van der Waals surface area (Å²) in [4.78, 5) is 10.7. The number of hydrogen-bond donors (Lipinski definition) is 3. The molecular formula is C26H36IN5O. The summed E-state index contributed by atoms with van der Waals surface area (Å²) in [5.41, 5.74) is 6.45. The molecule has 0 unspecified atom stereocenters. The fourth-order valence-corrected chi connectivity index (χ4v) is 4.19. The van der Waals surface area contributed by atoms with Crippen molar-refractivity contribution in [3.8, 4) is 0 Å². The Labute approximate surface area is 214 Å². The molecule has 1 aliphatic rings. The molecule has 178 valence electrons. The van der Waals surface area contributed by atoms with E-state index < -0.39 is 0 Å². The number of guanidine groups is 1. The summed E-state index contributed by atoms with van der Waals surface area (Å²) >= 11 is 0. The Bertz CT molecular complexity index is 1040. The van der Waals surface area contributed by atoms with Crippen molar-refractivity contribution in [2.75, 3.05) is 39.4 Å². The van der Waals surface area contributed by atoms with Crippen molar-refractivity contribution in [3.63, 3.8) is 0 Å². The van der Waals surface area contributed by atoms with Crippen LogP contribution in [-0.4, -0.2) is 55.2 Å². The molecule has 0 atom stereocenters. The number of morpholine rings is 1. The zero-order valence-corrected chi connectivity index (χ0v) is 22.0. The van der Waals surface area contributed by atoms with E-state index >= 15 is 0 Å². The second-order valence-electron chi connectivity index (χ2n) is 8.39. The van der Waals surface area contributed by atoms with Crippen LogP contribution in [0.15, 0.2) is 53.7 Å². The van der Waals surface area contributed by atoms with Gasteiger partial charge in [-0.3, -0.25) is 4.90 Å². The third-order valence-corrected chi connectivity index (χ3v) is 5.98. The lowest BCUT2D eigenvalue weighted by atomic mass is 10.1. The Kier molecular flexibility index (Phi) is 10.0. The highest BCUT2D eigenvalue weighted by molar-refractivity contribution is 14.0.